The SMILES string of the molecule is COc1ccc(OC(=O)C2=Cc3cc(Cl)ccc3OC2)cc1. The van der Waals surface area contributed by atoms with E-state index >= 15 is 0 Å². The molecule has 0 amide bonds. The maximum absolute atomic E-state index is 12.2. The molecule has 0 aromatic heterocycles. The van der Waals surface area contributed by atoms with Crippen LogP contribution in [0.1, 0.15) is 5.56 Å². The van der Waals surface area contributed by atoms with Crippen molar-refractivity contribution in [2.24, 2.45) is 0 Å². The van der Waals surface area contributed by atoms with Gasteiger partial charge in [0.2, 0.25) is 0 Å². The number of esters is 1. The van der Waals surface area contributed by atoms with Crippen molar-refractivity contribution in [2.45, 2.75) is 0 Å². The van der Waals surface area contributed by atoms with Gasteiger partial charge in [0.05, 0.1) is 12.7 Å². The first-order valence-corrected chi connectivity index (χ1v) is 7.02. The van der Waals surface area contributed by atoms with Gasteiger partial charge in [0.1, 0.15) is 23.9 Å². The highest BCUT2D eigenvalue weighted by atomic mass is 35.5. The number of carbonyl (C=O) groups excluding carboxylic acids is 1. The summed E-state index contributed by atoms with van der Waals surface area (Å²) in [6, 6.07) is 12.1. The van der Waals surface area contributed by atoms with E-state index in [0.29, 0.717) is 27.8 Å². The highest BCUT2D eigenvalue weighted by Crippen LogP contribution is 2.29. The van der Waals surface area contributed by atoms with Crippen LogP contribution in [0.5, 0.6) is 17.2 Å². The van der Waals surface area contributed by atoms with Crippen LogP contribution in [0.15, 0.2) is 48.0 Å². The molecule has 3 rings (SSSR count). The van der Waals surface area contributed by atoms with Gasteiger partial charge >= 0.3 is 5.97 Å². The Morgan fingerprint density at radius 2 is 1.86 bits per heavy atom. The predicted octanol–water partition coefficient (Wildman–Crippen LogP) is 3.73. The van der Waals surface area contributed by atoms with E-state index < -0.39 is 5.97 Å². The fraction of sp³-hybridized carbons (Fsp3) is 0.118. The molecule has 0 spiro atoms. The highest BCUT2D eigenvalue weighted by Gasteiger charge is 2.19. The summed E-state index contributed by atoms with van der Waals surface area (Å²) < 4.78 is 15.9. The standard InChI is InChI=1S/C17H13ClO4/c1-20-14-3-5-15(6-4-14)22-17(19)12-8-11-9-13(18)2-7-16(11)21-10-12/h2-9H,10H2,1H3. The summed E-state index contributed by atoms with van der Waals surface area (Å²) in [5, 5.41) is 0.586. The molecule has 0 aliphatic carbocycles. The Balaban J connectivity index is 1.77. The van der Waals surface area contributed by atoms with Crippen LogP contribution in [-0.2, 0) is 4.79 Å². The fourth-order valence-corrected chi connectivity index (χ4v) is 2.26. The van der Waals surface area contributed by atoms with Gasteiger partial charge in [0.25, 0.3) is 0 Å². The van der Waals surface area contributed by atoms with E-state index in [1.165, 1.54) is 0 Å². The van der Waals surface area contributed by atoms with Crippen LogP contribution >= 0.6 is 11.6 Å². The van der Waals surface area contributed by atoms with Crippen molar-refractivity contribution >= 4 is 23.6 Å². The smallest absolute Gasteiger partial charge is 0.342 e. The van der Waals surface area contributed by atoms with E-state index in [-0.39, 0.29) is 6.61 Å². The van der Waals surface area contributed by atoms with Gasteiger partial charge in [-0.3, -0.25) is 0 Å². The molecule has 1 aliphatic heterocycles. The minimum absolute atomic E-state index is 0.170. The van der Waals surface area contributed by atoms with Crippen LogP contribution in [0.25, 0.3) is 6.08 Å². The number of ether oxygens (including phenoxy) is 3. The number of hydrogen-bond acceptors (Lipinski definition) is 4. The normalized spacial score (nSPS) is 12.7. The number of halogens is 1. The summed E-state index contributed by atoms with van der Waals surface area (Å²) in [4.78, 5) is 12.2. The third-order valence-electron chi connectivity index (χ3n) is 3.22. The molecule has 22 heavy (non-hydrogen) atoms. The van der Waals surface area contributed by atoms with Gasteiger partial charge in [0.15, 0.2) is 0 Å². The minimum Gasteiger partial charge on any atom is -0.497 e. The number of benzene rings is 2. The number of fused-ring (bicyclic) bond motifs is 1. The van der Waals surface area contributed by atoms with E-state index in [4.69, 9.17) is 25.8 Å². The van der Waals surface area contributed by atoms with Crippen LogP contribution in [0.4, 0.5) is 0 Å². The molecule has 0 fully saturated rings. The Morgan fingerprint density at radius 1 is 1.14 bits per heavy atom. The van der Waals surface area contributed by atoms with Gasteiger partial charge in [-0.05, 0) is 48.5 Å². The Morgan fingerprint density at radius 3 is 2.59 bits per heavy atom. The first kappa shape index (κ1) is 14.5. The van der Waals surface area contributed by atoms with Gasteiger partial charge < -0.3 is 14.2 Å². The van der Waals surface area contributed by atoms with Crippen LogP contribution in [0.3, 0.4) is 0 Å². The molecular formula is C17H13ClO4. The molecule has 0 atom stereocenters. The predicted molar refractivity (Wildman–Crippen MR) is 83.6 cm³/mol. The van der Waals surface area contributed by atoms with Crippen molar-refractivity contribution in [2.75, 3.05) is 13.7 Å². The van der Waals surface area contributed by atoms with Crippen LogP contribution in [0.2, 0.25) is 5.02 Å². The van der Waals surface area contributed by atoms with Gasteiger partial charge in [-0.1, -0.05) is 11.6 Å². The molecule has 2 aromatic rings. The van der Waals surface area contributed by atoms with Crippen molar-refractivity contribution in [1.29, 1.82) is 0 Å². The van der Waals surface area contributed by atoms with E-state index in [9.17, 15) is 4.79 Å². The second-order valence-electron chi connectivity index (χ2n) is 4.71. The maximum atomic E-state index is 12.2. The lowest BCUT2D eigenvalue weighted by Gasteiger charge is -2.17. The highest BCUT2D eigenvalue weighted by molar-refractivity contribution is 6.30. The Labute approximate surface area is 132 Å². The monoisotopic (exact) mass is 316 g/mol. The average Bonchev–Trinajstić information content (AvgIpc) is 2.54. The second kappa shape index (κ2) is 6.12. The van der Waals surface area contributed by atoms with Crippen molar-refractivity contribution < 1.29 is 19.0 Å². The molecule has 5 heteroatoms. The first-order valence-electron chi connectivity index (χ1n) is 6.65. The quantitative estimate of drug-likeness (QED) is 0.639. The molecule has 0 bridgehead atoms. The van der Waals surface area contributed by atoms with Crippen molar-refractivity contribution in [1.82, 2.24) is 0 Å². The summed E-state index contributed by atoms with van der Waals surface area (Å²) in [6.07, 6.45) is 1.73. The lowest BCUT2D eigenvalue weighted by atomic mass is 10.1. The molecule has 112 valence electrons. The molecule has 0 saturated carbocycles. The molecule has 1 heterocycles. The summed E-state index contributed by atoms with van der Waals surface area (Å²) >= 11 is 5.95. The fourth-order valence-electron chi connectivity index (χ4n) is 2.08. The summed E-state index contributed by atoms with van der Waals surface area (Å²) in [7, 11) is 1.58. The molecular weight excluding hydrogens is 304 g/mol. The summed E-state index contributed by atoms with van der Waals surface area (Å²) in [5.74, 6) is 1.40. The summed E-state index contributed by atoms with van der Waals surface area (Å²) in [5.41, 5.74) is 1.20. The van der Waals surface area contributed by atoms with Crippen LogP contribution in [-0.4, -0.2) is 19.7 Å². The van der Waals surface area contributed by atoms with Crippen molar-refractivity contribution in [3.8, 4) is 17.2 Å². The molecule has 4 nitrogen and oxygen atoms in total. The molecule has 0 saturated heterocycles. The van der Waals surface area contributed by atoms with Crippen LogP contribution < -0.4 is 14.2 Å². The lowest BCUT2D eigenvalue weighted by molar-refractivity contribution is -0.130. The van der Waals surface area contributed by atoms with E-state index in [1.807, 2.05) is 0 Å². The molecule has 0 unspecified atom stereocenters. The van der Waals surface area contributed by atoms with Gasteiger partial charge in [-0.25, -0.2) is 4.79 Å². The third-order valence-corrected chi connectivity index (χ3v) is 3.45. The topological polar surface area (TPSA) is 44.8 Å². The Bertz CT molecular complexity index is 735. The van der Waals surface area contributed by atoms with Gasteiger partial charge in [-0.15, -0.1) is 0 Å². The first-order chi connectivity index (χ1) is 10.7. The Kier molecular flexibility index (Phi) is 4.02. The average molecular weight is 317 g/mol. The molecule has 1 aliphatic rings. The van der Waals surface area contributed by atoms with Gasteiger partial charge in [0, 0.05) is 10.6 Å². The summed E-state index contributed by atoms with van der Waals surface area (Å²) in [6.45, 7) is 0.170. The largest absolute Gasteiger partial charge is 0.497 e. The number of methoxy groups -OCH3 is 1. The zero-order chi connectivity index (χ0) is 15.5. The lowest BCUT2D eigenvalue weighted by Crippen LogP contribution is -2.19. The molecule has 0 N–H and O–H groups in total. The number of carbonyl (C=O) groups is 1. The maximum Gasteiger partial charge on any atom is 0.342 e. The van der Waals surface area contributed by atoms with Crippen LogP contribution in [0, 0.1) is 0 Å². The third kappa shape index (κ3) is 3.07. The van der Waals surface area contributed by atoms with Crippen molar-refractivity contribution in [3.63, 3.8) is 0 Å². The van der Waals surface area contributed by atoms with Crippen molar-refractivity contribution in [3.05, 3.63) is 58.6 Å². The number of rotatable bonds is 3. The molecule has 0 radical (unpaired) electrons. The van der Waals surface area contributed by atoms with E-state index in [2.05, 4.69) is 0 Å². The van der Waals surface area contributed by atoms with Gasteiger partial charge in [-0.2, -0.15) is 0 Å². The number of hydrogen-bond donors (Lipinski definition) is 0. The van der Waals surface area contributed by atoms with E-state index in [0.717, 1.165) is 5.56 Å². The zero-order valence-corrected chi connectivity index (χ0v) is 12.6. The second-order valence-corrected chi connectivity index (χ2v) is 5.14. The Hall–Kier alpha value is -2.46. The molecule has 2 aromatic carbocycles. The minimum atomic E-state index is -0.448. The zero-order valence-electron chi connectivity index (χ0n) is 11.8. The van der Waals surface area contributed by atoms with E-state index in [1.54, 1.807) is 55.7 Å².